The first-order valence-electron chi connectivity index (χ1n) is 15.1. The Morgan fingerprint density at radius 3 is 1.91 bits per heavy atom. The molecule has 3 saturated carbocycles. The number of rotatable bonds is 12. The summed E-state index contributed by atoms with van der Waals surface area (Å²) in [4.78, 5) is 0. The van der Waals surface area contributed by atoms with Gasteiger partial charge in [0.2, 0.25) is 0 Å². The first kappa shape index (κ1) is 26.1. The van der Waals surface area contributed by atoms with Crippen molar-refractivity contribution in [1.29, 1.82) is 5.26 Å². The predicted octanol–water partition coefficient (Wildman–Crippen LogP) is 10.4. The van der Waals surface area contributed by atoms with Gasteiger partial charge in [0.1, 0.15) is 0 Å². The van der Waals surface area contributed by atoms with Crippen molar-refractivity contribution in [3.8, 4) is 6.07 Å². The monoisotopic (exact) mass is 441 g/mol. The van der Waals surface area contributed by atoms with Crippen LogP contribution in [0.3, 0.4) is 0 Å². The molecular formula is C31H55N. The summed E-state index contributed by atoms with van der Waals surface area (Å²) in [6, 6.07) is 2.98. The zero-order valence-corrected chi connectivity index (χ0v) is 21.9. The minimum absolute atomic E-state index is 0.0226. The van der Waals surface area contributed by atoms with Crippen LogP contribution in [0, 0.1) is 39.9 Å². The van der Waals surface area contributed by atoms with E-state index in [9.17, 15) is 5.26 Å². The summed E-state index contributed by atoms with van der Waals surface area (Å²) in [6.45, 7) is 4.64. The van der Waals surface area contributed by atoms with Crippen LogP contribution in [-0.4, -0.2) is 0 Å². The molecule has 0 aromatic heterocycles. The van der Waals surface area contributed by atoms with Crippen LogP contribution >= 0.6 is 0 Å². The highest BCUT2D eigenvalue weighted by molar-refractivity contribution is 5.09. The minimum atomic E-state index is 0.0226. The topological polar surface area (TPSA) is 23.8 Å². The van der Waals surface area contributed by atoms with E-state index in [1.165, 1.54) is 148 Å². The number of nitrogens with zero attached hydrogens (tertiary/aromatic N) is 1. The van der Waals surface area contributed by atoms with Crippen molar-refractivity contribution in [3.63, 3.8) is 0 Å². The molecule has 0 unspecified atom stereocenters. The normalized spacial score (nSPS) is 34.3. The fourth-order valence-corrected chi connectivity index (χ4v) is 8.15. The first-order chi connectivity index (χ1) is 15.7. The minimum Gasteiger partial charge on any atom is -0.198 e. The standard InChI is InChI=1S/C31H55N/c1-3-5-7-8-13-21-30(28-15-11-9-12-16-28)22-24-31(26-32,25-23-30)29-19-17-27(18-20-29)14-10-6-4-2/h27-29H,3-25H2,1-2H3. The maximum absolute atomic E-state index is 10.4. The second kappa shape index (κ2) is 13.4. The third kappa shape index (κ3) is 6.76. The van der Waals surface area contributed by atoms with Crippen molar-refractivity contribution in [2.75, 3.05) is 0 Å². The smallest absolute Gasteiger partial charge is 0.0692 e. The van der Waals surface area contributed by atoms with Gasteiger partial charge in [0, 0.05) is 0 Å². The van der Waals surface area contributed by atoms with Crippen LogP contribution in [0.5, 0.6) is 0 Å². The predicted molar refractivity (Wildman–Crippen MR) is 138 cm³/mol. The van der Waals surface area contributed by atoms with Gasteiger partial charge < -0.3 is 0 Å². The SMILES string of the molecule is CCCCCCCC1(C2CCCCC2)CCC(C#N)(C2CCC(CCCCC)CC2)CC1. The highest BCUT2D eigenvalue weighted by Crippen LogP contribution is 2.59. The number of unbranched alkanes of at least 4 members (excludes halogenated alkanes) is 6. The van der Waals surface area contributed by atoms with Crippen LogP contribution in [0.15, 0.2) is 0 Å². The largest absolute Gasteiger partial charge is 0.198 e. The van der Waals surface area contributed by atoms with Gasteiger partial charge in [-0.2, -0.15) is 5.26 Å². The molecule has 0 radical (unpaired) electrons. The summed E-state index contributed by atoms with van der Waals surface area (Å²) in [6.07, 6.45) is 32.2. The molecule has 1 heteroatoms. The van der Waals surface area contributed by atoms with Crippen molar-refractivity contribution in [2.24, 2.45) is 28.6 Å². The molecule has 0 aromatic carbocycles. The third-order valence-electron chi connectivity index (χ3n) is 10.5. The van der Waals surface area contributed by atoms with Crippen molar-refractivity contribution in [2.45, 2.75) is 162 Å². The fraction of sp³-hybridized carbons (Fsp3) is 0.968. The van der Waals surface area contributed by atoms with E-state index in [2.05, 4.69) is 19.9 Å². The maximum Gasteiger partial charge on any atom is 0.0692 e. The Morgan fingerprint density at radius 2 is 1.28 bits per heavy atom. The Hall–Kier alpha value is -0.510. The van der Waals surface area contributed by atoms with Gasteiger partial charge in [-0.1, -0.05) is 104 Å². The number of hydrogen-bond donors (Lipinski definition) is 0. The van der Waals surface area contributed by atoms with Gasteiger partial charge in [0.05, 0.1) is 11.5 Å². The summed E-state index contributed by atoms with van der Waals surface area (Å²) < 4.78 is 0. The van der Waals surface area contributed by atoms with E-state index in [1.807, 2.05) is 0 Å². The molecule has 0 aliphatic heterocycles. The lowest BCUT2D eigenvalue weighted by atomic mass is 9.52. The van der Waals surface area contributed by atoms with Crippen LogP contribution in [0.4, 0.5) is 0 Å². The second-order valence-electron chi connectivity index (χ2n) is 12.3. The van der Waals surface area contributed by atoms with Gasteiger partial charge in [-0.15, -0.1) is 0 Å². The van der Waals surface area contributed by atoms with Crippen molar-refractivity contribution >= 4 is 0 Å². The highest BCUT2D eigenvalue weighted by Gasteiger charge is 2.49. The molecule has 0 bridgehead atoms. The Bertz CT molecular complexity index is 535. The molecule has 3 aliphatic rings. The summed E-state index contributed by atoms with van der Waals surface area (Å²) in [5.74, 6) is 2.62. The molecule has 0 heterocycles. The fourth-order valence-electron chi connectivity index (χ4n) is 8.15. The maximum atomic E-state index is 10.4. The van der Waals surface area contributed by atoms with Gasteiger partial charge >= 0.3 is 0 Å². The average Bonchev–Trinajstić information content (AvgIpc) is 2.85. The van der Waals surface area contributed by atoms with Gasteiger partial charge in [-0.25, -0.2) is 0 Å². The number of nitriles is 1. The molecule has 0 saturated heterocycles. The lowest BCUT2D eigenvalue weighted by Gasteiger charge is -2.52. The van der Waals surface area contributed by atoms with E-state index in [1.54, 1.807) is 0 Å². The first-order valence-corrected chi connectivity index (χ1v) is 15.1. The van der Waals surface area contributed by atoms with Crippen molar-refractivity contribution in [3.05, 3.63) is 0 Å². The van der Waals surface area contributed by atoms with Gasteiger partial charge in [-0.3, -0.25) is 0 Å². The second-order valence-corrected chi connectivity index (χ2v) is 12.3. The van der Waals surface area contributed by atoms with E-state index in [0.717, 1.165) is 11.8 Å². The van der Waals surface area contributed by atoms with Gasteiger partial charge in [0.25, 0.3) is 0 Å². The summed E-state index contributed by atoms with van der Waals surface area (Å²) in [5, 5.41) is 10.4. The van der Waals surface area contributed by atoms with Gasteiger partial charge in [-0.05, 0) is 81.0 Å². The van der Waals surface area contributed by atoms with Crippen LogP contribution in [0.1, 0.15) is 162 Å². The Morgan fingerprint density at radius 1 is 0.656 bits per heavy atom. The van der Waals surface area contributed by atoms with Gasteiger partial charge in [0.15, 0.2) is 0 Å². The van der Waals surface area contributed by atoms with Crippen LogP contribution in [0.25, 0.3) is 0 Å². The molecule has 3 fully saturated rings. The molecule has 0 amide bonds. The highest BCUT2D eigenvalue weighted by atomic mass is 14.5. The van der Waals surface area contributed by atoms with E-state index in [-0.39, 0.29) is 5.41 Å². The molecular weight excluding hydrogens is 386 g/mol. The average molecular weight is 442 g/mol. The van der Waals surface area contributed by atoms with E-state index in [0.29, 0.717) is 11.3 Å². The molecule has 3 aliphatic carbocycles. The number of hydrogen-bond acceptors (Lipinski definition) is 1. The van der Waals surface area contributed by atoms with Crippen LogP contribution in [0.2, 0.25) is 0 Å². The third-order valence-corrected chi connectivity index (χ3v) is 10.5. The summed E-state index contributed by atoms with van der Waals surface area (Å²) in [7, 11) is 0. The molecule has 184 valence electrons. The molecule has 1 nitrogen and oxygen atoms in total. The summed E-state index contributed by atoms with van der Waals surface area (Å²) >= 11 is 0. The molecule has 0 atom stereocenters. The molecule has 0 aromatic rings. The Labute approximate surface area is 201 Å². The van der Waals surface area contributed by atoms with Crippen LogP contribution in [-0.2, 0) is 0 Å². The van der Waals surface area contributed by atoms with Crippen molar-refractivity contribution < 1.29 is 0 Å². The summed E-state index contributed by atoms with van der Waals surface area (Å²) in [5.41, 5.74) is 0.610. The lowest BCUT2D eigenvalue weighted by Crippen LogP contribution is -2.43. The van der Waals surface area contributed by atoms with E-state index in [4.69, 9.17) is 0 Å². The Kier molecular flexibility index (Phi) is 10.9. The zero-order valence-electron chi connectivity index (χ0n) is 21.9. The zero-order chi connectivity index (χ0) is 22.7. The lowest BCUT2D eigenvalue weighted by molar-refractivity contribution is -0.00807. The molecule has 0 spiro atoms. The van der Waals surface area contributed by atoms with E-state index < -0.39 is 0 Å². The molecule has 32 heavy (non-hydrogen) atoms. The Balaban J connectivity index is 1.57. The molecule has 0 N–H and O–H groups in total. The quantitative estimate of drug-likeness (QED) is 0.276. The molecule has 3 rings (SSSR count). The van der Waals surface area contributed by atoms with Crippen LogP contribution < -0.4 is 0 Å². The van der Waals surface area contributed by atoms with E-state index >= 15 is 0 Å². The van der Waals surface area contributed by atoms with Crippen molar-refractivity contribution in [1.82, 2.24) is 0 Å².